The molecule has 0 bridgehead atoms. The molecule has 0 spiro atoms. The molecule has 14 heavy (non-hydrogen) atoms. The van der Waals surface area contributed by atoms with E-state index in [1.807, 2.05) is 0 Å². The van der Waals surface area contributed by atoms with Crippen molar-refractivity contribution < 1.29 is 34.8 Å². The van der Waals surface area contributed by atoms with Gasteiger partial charge in [0, 0.05) is 0 Å². The second-order valence-electron chi connectivity index (χ2n) is 2.72. The van der Waals surface area contributed by atoms with Gasteiger partial charge in [-0.05, 0) is 6.42 Å². The molecule has 0 aromatic rings. The number of aliphatic carboxylic acids is 3. The number of carboxylic acids is 3. The zero-order valence-electron chi connectivity index (χ0n) is 7.08. The van der Waals surface area contributed by atoms with Crippen molar-refractivity contribution in [1.82, 2.24) is 0 Å². The zero-order valence-corrected chi connectivity index (χ0v) is 7.08. The van der Waals surface area contributed by atoms with Crippen molar-refractivity contribution in [3.05, 3.63) is 0 Å². The van der Waals surface area contributed by atoms with Crippen molar-refractivity contribution in [3.8, 4) is 0 Å². The van der Waals surface area contributed by atoms with Crippen LogP contribution in [0.25, 0.3) is 0 Å². The second kappa shape index (κ2) is 5.18. The number of aliphatic hydroxyl groups excluding tert-OH is 1. The van der Waals surface area contributed by atoms with Crippen LogP contribution in [0.5, 0.6) is 0 Å². The van der Waals surface area contributed by atoms with Crippen molar-refractivity contribution in [2.24, 2.45) is 5.92 Å². The van der Waals surface area contributed by atoms with Gasteiger partial charge < -0.3 is 20.4 Å². The summed E-state index contributed by atoms with van der Waals surface area (Å²) in [6.45, 7) is 0. The molecule has 0 aromatic heterocycles. The highest BCUT2D eigenvalue weighted by molar-refractivity contribution is 5.79. The fourth-order valence-corrected chi connectivity index (χ4v) is 0.853. The average molecular weight is 206 g/mol. The monoisotopic (exact) mass is 206 g/mol. The molecule has 0 saturated heterocycles. The van der Waals surface area contributed by atoms with Crippen molar-refractivity contribution in [3.63, 3.8) is 0 Å². The minimum atomic E-state index is -1.85. The van der Waals surface area contributed by atoms with Crippen molar-refractivity contribution >= 4 is 17.9 Å². The van der Waals surface area contributed by atoms with Crippen LogP contribution >= 0.6 is 0 Å². The van der Waals surface area contributed by atoms with Gasteiger partial charge in [-0.15, -0.1) is 0 Å². The molecule has 0 aliphatic heterocycles. The maximum atomic E-state index is 10.4. The first kappa shape index (κ1) is 12.4. The van der Waals surface area contributed by atoms with E-state index in [9.17, 15) is 14.4 Å². The number of carboxylic acid groups (broad SMARTS) is 3. The van der Waals surface area contributed by atoms with Gasteiger partial charge >= 0.3 is 17.9 Å². The van der Waals surface area contributed by atoms with E-state index in [0.29, 0.717) is 0 Å². The normalized spacial score (nSPS) is 14.4. The summed E-state index contributed by atoms with van der Waals surface area (Å²) in [4.78, 5) is 30.8. The van der Waals surface area contributed by atoms with Gasteiger partial charge in [-0.3, -0.25) is 9.59 Å². The number of rotatable bonds is 6. The van der Waals surface area contributed by atoms with Gasteiger partial charge in [-0.2, -0.15) is 0 Å². The van der Waals surface area contributed by atoms with E-state index in [2.05, 4.69) is 0 Å². The second-order valence-corrected chi connectivity index (χ2v) is 2.72. The third-order valence-electron chi connectivity index (χ3n) is 1.56. The van der Waals surface area contributed by atoms with E-state index in [0.717, 1.165) is 0 Å². The third-order valence-corrected chi connectivity index (χ3v) is 1.56. The number of aliphatic hydroxyl groups is 1. The lowest BCUT2D eigenvalue weighted by molar-refractivity contribution is -0.153. The van der Waals surface area contributed by atoms with E-state index < -0.39 is 42.8 Å². The molecule has 0 aliphatic carbocycles. The molecule has 7 heteroatoms. The minimum absolute atomic E-state index is 0.614. The van der Waals surface area contributed by atoms with Crippen molar-refractivity contribution in [2.75, 3.05) is 0 Å². The molecule has 2 atom stereocenters. The van der Waals surface area contributed by atoms with Crippen molar-refractivity contribution in [1.29, 1.82) is 0 Å². The van der Waals surface area contributed by atoms with Crippen LogP contribution in [-0.4, -0.2) is 44.4 Å². The molecule has 0 saturated carbocycles. The van der Waals surface area contributed by atoms with Gasteiger partial charge in [0.2, 0.25) is 0 Å². The fraction of sp³-hybridized carbons (Fsp3) is 0.571. The predicted octanol–water partition coefficient (Wildman–Crippen LogP) is -1.00. The molecule has 0 radical (unpaired) electrons. The molecular formula is C7H10O7. The predicted molar refractivity (Wildman–Crippen MR) is 41.6 cm³/mol. The Morgan fingerprint density at radius 2 is 1.50 bits per heavy atom. The average Bonchev–Trinajstić information content (AvgIpc) is 2.01. The molecule has 4 N–H and O–H groups in total. The first-order valence-corrected chi connectivity index (χ1v) is 3.70. The Hall–Kier alpha value is -1.63. The van der Waals surface area contributed by atoms with Gasteiger partial charge in [0.15, 0.2) is 6.10 Å². The standard InChI is InChI=1S/C7H10O7/c8-4(7(13)14)1-3(6(11)12)2-5(9)10/h3-4,8H,1-2H2,(H,9,10)(H,11,12)(H,13,14). The first-order chi connectivity index (χ1) is 6.34. The first-order valence-electron chi connectivity index (χ1n) is 3.70. The number of carbonyl (C=O) groups is 3. The highest BCUT2D eigenvalue weighted by Crippen LogP contribution is 2.12. The van der Waals surface area contributed by atoms with Crippen LogP contribution in [0.2, 0.25) is 0 Å². The van der Waals surface area contributed by atoms with Crippen LogP contribution < -0.4 is 0 Å². The molecule has 0 rings (SSSR count). The van der Waals surface area contributed by atoms with Gasteiger partial charge in [-0.25, -0.2) is 4.79 Å². The smallest absolute Gasteiger partial charge is 0.332 e. The quantitative estimate of drug-likeness (QED) is 0.438. The Kier molecular flexibility index (Phi) is 4.57. The van der Waals surface area contributed by atoms with Gasteiger partial charge in [-0.1, -0.05) is 0 Å². The summed E-state index contributed by atoms with van der Waals surface area (Å²) in [6.07, 6.45) is -3.17. The Balaban J connectivity index is 4.30. The highest BCUT2D eigenvalue weighted by Gasteiger charge is 2.27. The summed E-state index contributed by atoms with van der Waals surface area (Å²) < 4.78 is 0. The number of hydrogen-bond donors (Lipinski definition) is 4. The topological polar surface area (TPSA) is 132 Å². The Morgan fingerprint density at radius 3 is 1.79 bits per heavy atom. The van der Waals surface area contributed by atoms with Crippen LogP contribution in [0, 0.1) is 5.92 Å². The maximum Gasteiger partial charge on any atom is 0.332 e. The molecule has 2 unspecified atom stereocenters. The number of hydrogen-bond acceptors (Lipinski definition) is 4. The SMILES string of the molecule is O=C(O)CC(CC(O)C(=O)O)C(=O)O. The molecule has 80 valence electrons. The lowest BCUT2D eigenvalue weighted by Gasteiger charge is -2.11. The Bertz CT molecular complexity index is 246. The van der Waals surface area contributed by atoms with Crippen LogP contribution in [0.4, 0.5) is 0 Å². The summed E-state index contributed by atoms with van der Waals surface area (Å²) in [5.74, 6) is -5.75. The summed E-state index contributed by atoms with van der Waals surface area (Å²) in [7, 11) is 0. The van der Waals surface area contributed by atoms with Gasteiger partial charge in [0.1, 0.15) is 0 Å². The summed E-state index contributed by atoms with van der Waals surface area (Å²) in [6, 6.07) is 0. The van der Waals surface area contributed by atoms with E-state index in [-0.39, 0.29) is 0 Å². The molecule has 0 aliphatic rings. The Morgan fingerprint density at radius 1 is 1.00 bits per heavy atom. The van der Waals surface area contributed by atoms with Crippen LogP contribution in [0.15, 0.2) is 0 Å². The van der Waals surface area contributed by atoms with E-state index >= 15 is 0 Å². The largest absolute Gasteiger partial charge is 0.481 e. The Labute approximate surface area is 78.6 Å². The van der Waals surface area contributed by atoms with E-state index in [4.69, 9.17) is 20.4 Å². The maximum absolute atomic E-state index is 10.4. The lowest BCUT2D eigenvalue weighted by Crippen LogP contribution is -2.28. The molecular weight excluding hydrogens is 196 g/mol. The van der Waals surface area contributed by atoms with Crippen LogP contribution in [-0.2, 0) is 14.4 Å². The lowest BCUT2D eigenvalue weighted by atomic mass is 9.98. The van der Waals surface area contributed by atoms with Crippen LogP contribution in [0.1, 0.15) is 12.8 Å². The van der Waals surface area contributed by atoms with Crippen LogP contribution in [0.3, 0.4) is 0 Å². The molecule has 7 nitrogen and oxygen atoms in total. The molecule has 0 amide bonds. The highest BCUT2D eigenvalue weighted by atomic mass is 16.4. The van der Waals surface area contributed by atoms with E-state index in [1.165, 1.54) is 0 Å². The molecule has 0 heterocycles. The van der Waals surface area contributed by atoms with Gasteiger partial charge in [0.25, 0.3) is 0 Å². The summed E-state index contributed by atoms with van der Waals surface area (Å²) in [5.41, 5.74) is 0. The van der Waals surface area contributed by atoms with Crippen molar-refractivity contribution in [2.45, 2.75) is 18.9 Å². The summed E-state index contributed by atoms with van der Waals surface area (Å²) >= 11 is 0. The van der Waals surface area contributed by atoms with Gasteiger partial charge in [0.05, 0.1) is 12.3 Å². The molecule has 0 fully saturated rings. The van der Waals surface area contributed by atoms with E-state index in [1.54, 1.807) is 0 Å². The third kappa shape index (κ3) is 4.41. The zero-order chi connectivity index (χ0) is 11.3. The minimum Gasteiger partial charge on any atom is -0.481 e. The summed E-state index contributed by atoms with van der Waals surface area (Å²) in [5, 5.41) is 33.8. The fourth-order valence-electron chi connectivity index (χ4n) is 0.853. The molecule has 0 aromatic carbocycles.